The SMILES string of the molecule is CC(C)(C)OC(=O)NC1CCCCC/C=C\[C@H]2C[C@@]2(C(=O)NS(=O)(=O)C2(C)CC2)NC(=O)[C@@H]2C[C@]3(CCc4c(cnc5ccc(OC(F)(F)F)cc45)O3)CN2C1=O. The molecule has 1 saturated heterocycles. The van der Waals surface area contributed by atoms with E-state index >= 15 is 0 Å². The van der Waals surface area contributed by atoms with Gasteiger partial charge < -0.3 is 29.7 Å². The summed E-state index contributed by atoms with van der Waals surface area (Å²) in [5, 5.41) is 5.96. The summed E-state index contributed by atoms with van der Waals surface area (Å²) in [6.07, 6.45) is 3.78. The van der Waals surface area contributed by atoms with Crippen molar-refractivity contribution in [3.8, 4) is 11.5 Å². The van der Waals surface area contributed by atoms with Gasteiger partial charge >= 0.3 is 12.5 Å². The number of allylic oxidation sites excluding steroid dienone is 1. The van der Waals surface area contributed by atoms with E-state index in [4.69, 9.17) is 9.47 Å². The molecule has 3 aliphatic heterocycles. The maximum Gasteiger partial charge on any atom is 0.573 e. The van der Waals surface area contributed by atoms with E-state index in [0.717, 1.165) is 6.42 Å². The zero-order chi connectivity index (χ0) is 41.2. The van der Waals surface area contributed by atoms with Crippen LogP contribution in [-0.4, -0.2) is 88.6 Å². The van der Waals surface area contributed by atoms with Gasteiger partial charge in [-0.2, -0.15) is 0 Å². The van der Waals surface area contributed by atoms with Gasteiger partial charge in [0.2, 0.25) is 21.8 Å². The molecule has 0 radical (unpaired) electrons. The average Bonchev–Trinajstić information content (AvgIpc) is 4.00. The number of sulfonamides is 1. The van der Waals surface area contributed by atoms with Gasteiger partial charge in [-0.25, -0.2) is 13.2 Å². The minimum atomic E-state index is -4.90. The van der Waals surface area contributed by atoms with Gasteiger partial charge in [0.25, 0.3) is 5.91 Å². The molecule has 7 rings (SSSR count). The molecule has 5 atom stereocenters. The maximum absolute atomic E-state index is 14.7. The van der Waals surface area contributed by atoms with Crippen molar-refractivity contribution in [2.45, 2.75) is 138 Å². The average molecular weight is 820 g/mol. The van der Waals surface area contributed by atoms with Crippen molar-refractivity contribution in [3.63, 3.8) is 0 Å². The molecule has 5 aliphatic rings. The Morgan fingerprint density at radius 1 is 1.07 bits per heavy atom. The summed E-state index contributed by atoms with van der Waals surface area (Å²) in [5.41, 5.74) is -2.63. The first kappa shape index (κ1) is 40.6. The molecule has 4 amide bonds. The smallest absolute Gasteiger partial charge is 0.483 e. The van der Waals surface area contributed by atoms with Crippen LogP contribution in [0.25, 0.3) is 10.9 Å². The van der Waals surface area contributed by atoms with Crippen molar-refractivity contribution in [3.05, 3.63) is 42.1 Å². The van der Waals surface area contributed by atoms with Crippen molar-refractivity contribution in [2.24, 2.45) is 5.92 Å². The molecule has 14 nitrogen and oxygen atoms in total. The normalized spacial score (nSPS) is 29.3. The molecule has 310 valence electrons. The van der Waals surface area contributed by atoms with Crippen molar-refractivity contribution in [2.75, 3.05) is 6.54 Å². The molecule has 18 heteroatoms. The fraction of sp³-hybridized carbons (Fsp3) is 0.615. The molecule has 4 heterocycles. The molecule has 3 N–H and O–H groups in total. The highest BCUT2D eigenvalue weighted by Gasteiger charge is 2.64. The Labute approximate surface area is 328 Å². The summed E-state index contributed by atoms with van der Waals surface area (Å²) in [7, 11) is -4.05. The lowest BCUT2D eigenvalue weighted by atomic mass is 9.87. The van der Waals surface area contributed by atoms with Crippen LogP contribution in [0, 0.1) is 5.92 Å². The number of rotatable bonds is 5. The molecule has 2 saturated carbocycles. The number of halogens is 3. The maximum atomic E-state index is 14.7. The largest absolute Gasteiger partial charge is 0.573 e. The summed E-state index contributed by atoms with van der Waals surface area (Å²) in [5.74, 6) is -2.79. The first-order valence-corrected chi connectivity index (χ1v) is 20.8. The predicted molar refractivity (Wildman–Crippen MR) is 199 cm³/mol. The Balaban J connectivity index is 1.22. The highest BCUT2D eigenvalue weighted by Crippen LogP contribution is 2.49. The van der Waals surface area contributed by atoms with Gasteiger partial charge in [0.05, 0.1) is 23.0 Å². The number of alkyl halides is 3. The van der Waals surface area contributed by atoms with E-state index in [2.05, 4.69) is 25.1 Å². The van der Waals surface area contributed by atoms with E-state index in [1.807, 2.05) is 12.2 Å². The zero-order valence-electron chi connectivity index (χ0n) is 32.3. The number of alkyl carbamates (subject to hydrolysis) is 1. The van der Waals surface area contributed by atoms with Crippen LogP contribution < -0.4 is 24.8 Å². The van der Waals surface area contributed by atoms with Crippen molar-refractivity contribution in [1.82, 2.24) is 25.2 Å². The highest BCUT2D eigenvalue weighted by atomic mass is 32.2. The second-order valence-corrected chi connectivity index (χ2v) is 19.4. The van der Waals surface area contributed by atoms with Crippen LogP contribution in [0.2, 0.25) is 0 Å². The lowest BCUT2D eigenvalue weighted by molar-refractivity contribution is -0.274. The minimum Gasteiger partial charge on any atom is -0.483 e. The molecular formula is C39H48F3N5O9S. The molecule has 1 spiro atoms. The number of ether oxygens (including phenoxy) is 3. The van der Waals surface area contributed by atoms with E-state index in [1.165, 1.54) is 29.3 Å². The molecule has 1 aromatic heterocycles. The number of nitrogens with one attached hydrogen (secondary N) is 3. The summed E-state index contributed by atoms with van der Waals surface area (Å²) in [6, 6.07) is 1.52. The molecule has 3 fully saturated rings. The van der Waals surface area contributed by atoms with Crippen LogP contribution in [0.5, 0.6) is 11.5 Å². The first-order valence-electron chi connectivity index (χ1n) is 19.3. The van der Waals surface area contributed by atoms with Gasteiger partial charge in [-0.05, 0) is 97.3 Å². The van der Waals surface area contributed by atoms with Gasteiger partial charge in [-0.1, -0.05) is 25.0 Å². The third kappa shape index (κ3) is 8.51. The number of aromatic nitrogens is 1. The van der Waals surface area contributed by atoms with Crippen molar-refractivity contribution in [1.29, 1.82) is 0 Å². The van der Waals surface area contributed by atoms with E-state index in [9.17, 15) is 40.8 Å². The number of carbonyl (C=O) groups excluding carboxylic acids is 4. The summed E-state index contributed by atoms with van der Waals surface area (Å²) in [4.78, 5) is 61.9. The number of pyridine rings is 1. The number of benzene rings is 1. The zero-order valence-corrected chi connectivity index (χ0v) is 33.1. The van der Waals surface area contributed by atoms with Crippen LogP contribution >= 0.6 is 0 Å². The number of hydrogen-bond acceptors (Lipinski definition) is 10. The van der Waals surface area contributed by atoms with Crippen LogP contribution in [-0.2, 0) is 35.6 Å². The van der Waals surface area contributed by atoms with E-state index in [-0.39, 0.29) is 44.4 Å². The number of aryl methyl sites for hydroxylation is 1. The Bertz CT molecular complexity index is 2120. The standard InChI is InChI=1S/C39H48F3N5O9S/c1-35(2,3)56-34(51)44-28-11-9-7-5-6-8-10-23-19-38(23,33(50)46-57(52,53)36(4)16-17-36)45-31(48)29-20-37(22-47(29)32(28)49)15-14-25-26-18-24(54-39(40,41)42)12-13-27(26)43-21-30(25)55-37/h8,10,12-13,18,21,23,28-29H,5-7,9,11,14-17,19-20,22H2,1-4H3,(H,44,51)(H,45,48)(H,46,50)/b10-8-/t23-,28?,29-,37+,38+/m0/s1. The monoisotopic (exact) mass is 819 g/mol. The van der Waals surface area contributed by atoms with E-state index < -0.39 is 85.4 Å². The van der Waals surface area contributed by atoms with Gasteiger partial charge in [-0.3, -0.25) is 24.1 Å². The molecule has 2 aromatic rings. The van der Waals surface area contributed by atoms with Crippen molar-refractivity contribution >= 4 is 44.7 Å². The van der Waals surface area contributed by atoms with Gasteiger partial charge in [0.15, 0.2) is 0 Å². The van der Waals surface area contributed by atoms with E-state index in [0.29, 0.717) is 48.6 Å². The van der Waals surface area contributed by atoms with E-state index in [1.54, 1.807) is 27.7 Å². The lowest BCUT2D eigenvalue weighted by Crippen LogP contribution is -2.58. The summed E-state index contributed by atoms with van der Waals surface area (Å²) >= 11 is 0. The predicted octanol–water partition coefficient (Wildman–Crippen LogP) is 5.09. The first-order chi connectivity index (χ1) is 26.6. The molecule has 0 bridgehead atoms. The van der Waals surface area contributed by atoms with Crippen LogP contribution in [0.4, 0.5) is 18.0 Å². The van der Waals surface area contributed by atoms with Gasteiger partial charge in [0.1, 0.15) is 40.3 Å². The van der Waals surface area contributed by atoms with Crippen LogP contribution in [0.3, 0.4) is 0 Å². The van der Waals surface area contributed by atoms with Gasteiger partial charge in [-0.15, -0.1) is 13.2 Å². The Morgan fingerprint density at radius 3 is 2.53 bits per heavy atom. The van der Waals surface area contributed by atoms with Gasteiger partial charge in [0, 0.05) is 23.3 Å². The topological polar surface area (TPSA) is 182 Å². The Kier molecular flexibility index (Phi) is 10.2. The quantitative estimate of drug-likeness (QED) is 0.344. The van der Waals surface area contributed by atoms with Crippen molar-refractivity contribution < 1.29 is 55.0 Å². The fourth-order valence-electron chi connectivity index (χ4n) is 8.08. The van der Waals surface area contributed by atoms with Crippen LogP contribution in [0.1, 0.15) is 97.5 Å². The molecule has 57 heavy (non-hydrogen) atoms. The number of carbonyl (C=O) groups is 4. The Morgan fingerprint density at radius 2 is 1.82 bits per heavy atom. The molecular weight excluding hydrogens is 772 g/mol. The third-order valence-corrected chi connectivity index (χ3v) is 13.8. The minimum absolute atomic E-state index is 0.0486. The molecule has 1 aromatic carbocycles. The number of fused-ring (bicyclic) bond motifs is 5. The molecule has 1 unspecified atom stereocenters. The summed E-state index contributed by atoms with van der Waals surface area (Å²) < 4.78 is 83.0. The second kappa shape index (κ2) is 14.3. The number of hydrogen-bond donors (Lipinski definition) is 3. The summed E-state index contributed by atoms with van der Waals surface area (Å²) in [6.45, 7) is 6.52. The number of nitrogens with zero attached hydrogens (tertiary/aromatic N) is 2. The highest BCUT2D eigenvalue weighted by molar-refractivity contribution is 7.91. The lowest BCUT2D eigenvalue weighted by Gasteiger charge is -2.36. The van der Waals surface area contributed by atoms with Crippen LogP contribution in [0.15, 0.2) is 36.5 Å². The third-order valence-electron chi connectivity index (χ3n) is 11.6. The number of amides is 4. The fourth-order valence-corrected chi connectivity index (χ4v) is 9.39. The molecule has 2 aliphatic carbocycles. The Hall–Kier alpha value is -4.61. The second-order valence-electron chi connectivity index (χ2n) is 17.2.